The number of anilines is 2. The van der Waals surface area contributed by atoms with Crippen molar-refractivity contribution < 1.29 is 19.0 Å². The quantitative estimate of drug-likeness (QED) is 0.497. The van der Waals surface area contributed by atoms with E-state index in [0.717, 1.165) is 30.0 Å². The van der Waals surface area contributed by atoms with Crippen LogP contribution in [0.15, 0.2) is 60.7 Å². The lowest BCUT2D eigenvalue weighted by atomic mass is 10.1. The molecule has 0 heterocycles. The van der Waals surface area contributed by atoms with Crippen molar-refractivity contribution in [3.05, 3.63) is 71.8 Å². The summed E-state index contributed by atoms with van der Waals surface area (Å²) < 4.78 is 16.6. The number of carbonyl (C=O) groups is 1. The molecule has 1 atom stereocenters. The molecule has 0 radical (unpaired) electrons. The van der Waals surface area contributed by atoms with E-state index in [1.54, 1.807) is 14.2 Å². The summed E-state index contributed by atoms with van der Waals surface area (Å²) in [5, 5.41) is 6.25. The van der Waals surface area contributed by atoms with E-state index in [2.05, 4.69) is 22.8 Å². The fourth-order valence-corrected chi connectivity index (χ4v) is 3.83. The van der Waals surface area contributed by atoms with Crippen LogP contribution >= 0.6 is 0 Å². The summed E-state index contributed by atoms with van der Waals surface area (Å²) in [7, 11) is 3.21. The topological polar surface area (TPSA) is 68.8 Å². The Hall–Kier alpha value is -3.67. The van der Waals surface area contributed by atoms with Crippen LogP contribution in [0, 0.1) is 0 Å². The van der Waals surface area contributed by atoms with Gasteiger partial charge in [-0.1, -0.05) is 6.07 Å². The van der Waals surface area contributed by atoms with Gasteiger partial charge in [-0.15, -0.1) is 0 Å². The molecular weight excluding hydrogens is 404 g/mol. The van der Waals surface area contributed by atoms with Crippen molar-refractivity contribution in [2.45, 2.75) is 32.2 Å². The van der Waals surface area contributed by atoms with Crippen molar-refractivity contribution in [3.8, 4) is 23.0 Å². The molecule has 6 heteroatoms. The van der Waals surface area contributed by atoms with Crippen molar-refractivity contribution in [2.75, 3.05) is 24.9 Å². The highest BCUT2D eigenvalue weighted by atomic mass is 16.5. The summed E-state index contributed by atoms with van der Waals surface area (Å²) in [4.78, 5) is 12.7. The summed E-state index contributed by atoms with van der Waals surface area (Å²) in [6.07, 6.45) is 3.39. The Bertz CT molecular complexity index is 1100. The molecule has 1 aliphatic rings. The lowest BCUT2D eigenvalue weighted by molar-refractivity contribution is -0.116. The molecule has 1 aliphatic carbocycles. The number of fused-ring (bicyclic) bond motifs is 1. The molecule has 166 valence electrons. The van der Waals surface area contributed by atoms with Gasteiger partial charge >= 0.3 is 0 Å². The number of amides is 1. The molecule has 0 aromatic heterocycles. The number of nitrogens with one attached hydrogen (secondary N) is 2. The standard InChI is InChI=1S/C26H28N2O4/c1-17(26(29)28-20-8-7-18-5-4-6-19(18)15-20)27-21-9-14-24(31-3)25(16-21)32-23-12-10-22(30-2)11-13-23/h7-17,27H,4-6H2,1-3H3,(H,28,29). The Kier molecular flexibility index (Phi) is 6.50. The zero-order chi connectivity index (χ0) is 22.5. The number of hydrogen-bond donors (Lipinski definition) is 2. The van der Waals surface area contributed by atoms with Gasteiger partial charge in [-0.3, -0.25) is 4.79 Å². The van der Waals surface area contributed by atoms with Crippen LogP contribution in [0.1, 0.15) is 24.5 Å². The lowest BCUT2D eigenvalue weighted by Gasteiger charge is -2.18. The van der Waals surface area contributed by atoms with E-state index in [9.17, 15) is 4.79 Å². The van der Waals surface area contributed by atoms with Gasteiger partial charge < -0.3 is 24.8 Å². The van der Waals surface area contributed by atoms with Crippen LogP contribution in [-0.2, 0) is 17.6 Å². The average Bonchev–Trinajstić information content (AvgIpc) is 3.28. The summed E-state index contributed by atoms with van der Waals surface area (Å²) in [6.45, 7) is 1.83. The van der Waals surface area contributed by atoms with E-state index in [4.69, 9.17) is 14.2 Å². The zero-order valence-electron chi connectivity index (χ0n) is 18.6. The summed E-state index contributed by atoms with van der Waals surface area (Å²) in [6, 6.07) is 18.5. The first kappa shape index (κ1) is 21.6. The fourth-order valence-electron chi connectivity index (χ4n) is 3.83. The monoisotopic (exact) mass is 432 g/mol. The van der Waals surface area contributed by atoms with Crippen LogP contribution in [0.25, 0.3) is 0 Å². The van der Waals surface area contributed by atoms with Gasteiger partial charge in [0, 0.05) is 17.4 Å². The predicted octanol–water partition coefficient (Wildman–Crippen LogP) is 5.42. The molecule has 2 N–H and O–H groups in total. The van der Waals surface area contributed by atoms with Gasteiger partial charge in [0.05, 0.1) is 14.2 Å². The maximum absolute atomic E-state index is 12.7. The number of hydrogen-bond acceptors (Lipinski definition) is 5. The molecule has 0 aliphatic heterocycles. The Morgan fingerprint density at radius 2 is 1.53 bits per heavy atom. The van der Waals surface area contributed by atoms with Gasteiger partial charge in [0.1, 0.15) is 17.5 Å². The molecule has 1 amide bonds. The highest BCUT2D eigenvalue weighted by Gasteiger charge is 2.16. The second-order valence-electron chi connectivity index (χ2n) is 7.84. The van der Waals surface area contributed by atoms with E-state index in [-0.39, 0.29) is 5.91 Å². The van der Waals surface area contributed by atoms with E-state index in [1.165, 1.54) is 17.5 Å². The summed E-state index contributed by atoms with van der Waals surface area (Å²) in [5.41, 5.74) is 4.31. The maximum atomic E-state index is 12.7. The number of rotatable bonds is 8. The third-order valence-corrected chi connectivity index (χ3v) is 5.59. The minimum absolute atomic E-state index is 0.101. The van der Waals surface area contributed by atoms with Gasteiger partial charge in [0.15, 0.2) is 11.5 Å². The minimum atomic E-state index is -0.439. The molecular formula is C26H28N2O4. The van der Waals surface area contributed by atoms with Crippen LogP contribution in [0.4, 0.5) is 11.4 Å². The highest BCUT2D eigenvalue weighted by molar-refractivity contribution is 5.96. The fraction of sp³-hybridized carbons (Fsp3) is 0.269. The van der Waals surface area contributed by atoms with E-state index in [0.29, 0.717) is 17.2 Å². The number of aryl methyl sites for hydroxylation is 2. The molecule has 0 fully saturated rings. The number of carbonyl (C=O) groups excluding carboxylic acids is 1. The third-order valence-electron chi connectivity index (χ3n) is 5.59. The van der Waals surface area contributed by atoms with Crippen molar-refractivity contribution in [2.24, 2.45) is 0 Å². The van der Waals surface area contributed by atoms with Crippen LogP contribution in [0.2, 0.25) is 0 Å². The second-order valence-corrected chi connectivity index (χ2v) is 7.84. The molecule has 3 aromatic carbocycles. The highest BCUT2D eigenvalue weighted by Crippen LogP contribution is 2.35. The Morgan fingerprint density at radius 1 is 0.812 bits per heavy atom. The number of methoxy groups -OCH3 is 2. The largest absolute Gasteiger partial charge is 0.497 e. The molecule has 0 saturated heterocycles. The average molecular weight is 433 g/mol. The van der Waals surface area contributed by atoms with Crippen LogP contribution in [0.3, 0.4) is 0 Å². The van der Waals surface area contributed by atoms with E-state index < -0.39 is 6.04 Å². The normalized spacial score (nSPS) is 13.1. The molecule has 1 unspecified atom stereocenters. The van der Waals surface area contributed by atoms with E-state index >= 15 is 0 Å². The van der Waals surface area contributed by atoms with Crippen molar-refractivity contribution in [1.82, 2.24) is 0 Å². The molecule has 0 bridgehead atoms. The first-order valence-corrected chi connectivity index (χ1v) is 10.7. The minimum Gasteiger partial charge on any atom is -0.497 e. The van der Waals surface area contributed by atoms with Gasteiger partial charge in [0.2, 0.25) is 5.91 Å². The molecule has 6 nitrogen and oxygen atoms in total. The molecule has 32 heavy (non-hydrogen) atoms. The Balaban J connectivity index is 1.43. The molecule has 0 saturated carbocycles. The molecule has 3 aromatic rings. The van der Waals surface area contributed by atoms with Gasteiger partial charge in [-0.25, -0.2) is 0 Å². The SMILES string of the molecule is COc1ccc(Oc2cc(NC(C)C(=O)Nc3ccc4c(c3)CCC4)ccc2OC)cc1. The van der Waals surface area contributed by atoms with Crippen LogP contribution in [-0.4, -0.2) is 26.2 Å². The zero-order valence-corrected chi connectivity index (χ0v) is 18.6. The van der Waals surface area contributed by atoms with Gasteiger partial charge in [-0.05, 0) is 85.8 Å². The van der Waals surface area contributed by atoms with E-state index in [1.807, 2.05) is 55.5 Å². The second kappa shape index (κ2) is 9.64. The first-order chi connectivity index (χ1) is 15.6. The van der Waals surface area contributed by atoms with Crippen LogP contribution in [0.5, 0.6) is 23.0 Å². The molecule has 0 spiro atoms. The van der Waals surface area contributed by atoms with Crippen molar-refractivity contribution >= 4 is 17.3 Å². The predicted molar refractivity (Wildman–Crippen MR) is 126 cm³/mol. The van der Waals surface area contributed by atoms with Crippen LogP contribution < -0.4 is 24.8 Å². The van der Waals surface area contributed by atoms with Crippen molar-refractivity contribution in [1.29, 1.82) is 0 Å². The number of ether oxygens (including phenoxy) is 3. The third kappa shape index (κ3) is 4.97. The van der Waals surface area contributed by atoms with Gasteiger partial charge in [-0.2, -0.15) is 0 Å². The first-order valence-electron chi connectivity index (χ1n) is 10.7. The summed E-state index contributed by atoms with van der Waals surface area (Å²) in [5.74, 6) is 2.46. The lowest BCUT2D eigenvalue weighted by Crippen LogP contribution is -2.31. The summed E-state index contributed by atoms with van der Waals surface area (Å²) >= 11 is 0. The Labute approximate surface area is 188 Å². The number of benzene rings is 3. The van der Waals surface area contributed by atoms with Crippen molar-refractivity contribution in [3.63, 3.8) is 0 Å². The smallest absolute Gasteiger partial charge is 0.246 e. The molecule has 4 rings (SSSR count). The van der Waals surface area contributed by atoms with Gasteiger partial charge in [0.25, 0.3) is 0 Å². The maximum Gasteiger partial charge on any atom is 0.246 e. The Morgan fingerprint density at radius 3 is 2.28 bits per heavy atom.